The van der Waals surface area contributed by atoms with Gasteiger partial charge in [-0.15, -0.1) is 0 Å². The quantitative estimate of drug-likeness (QED) is 0.647. The fourth-order valence-corrected chi connectivity index (χ4v) is 3.02. The molecule has 1 aromatic carbocycles. The average Bonchev–Trinajstić information content (AvgIpc) is 2.93. The lowest BCUT2D eigenvalue weighted by Gasteiger charge is -2.16. The average molecular weight is 300 g/mol. The van der Waals surface area contributed by atoms with E-state index in [2.05, 4.69) is 39.0 Å². The van der Waals surface area contributed by atoms with E-state index in [1.54, 1.807) is 17.4 Å². The molecule has 0 aliphatic carbocycles. The van der Waals surface area contributed by atoms with Gasteiger partial charge < -0.3 is 16.0 Å². The molecule has 0 bridgehead atoms. The molecule has 0 aliphatic rings. The third-order valence-electron chi connectivity index (χ3n) is 3.34. The summed E-state index contributed by atoms with van der Waals surface area (Å²) in [5, 5.41) is 8.11. The van der Waals surface area contributed by atoms with Gasteiger partial charge >= 0.3 is 0 Å². The number of nitrogens with one attached hydrogen (secondary N) is 2. The lowest BCUT2D eigenvalue weighted by atomic mass is 10.1. The van der Waals surface area contributed by atoms with Crippen molar-refractivity contribution in [3.63, 3.8) is 0 Å². The zero-order chi connectivity index (χ0) is 14.8. The molecule has 4 N–H and O–H groups in total. The minimum absolute atomic E-state index is 0.176. The van der Waals surface area contributed by atoms with Crippen LogP contribution in [0.4, 0.5) is 11.4 Å². The van der Waals surface area contributed by atoms with Crippen LogP contribution in [0.5, 0.6) is 0 Å². The number of fused-ring (bicyclic) bond motifs is 1. The molecule has 5 nitrogen and oxygen atoms in total. The zero-order valence-corrected chi connectivity index (χ0v) is 12.4. The number of nitrogens with two attached hydrogens (primary N) is 1. The molecule has 2 heterocycles. The Morgan fingerprint density at radius 3 is 3.10 bits per heavy atom. The van der Waals surface area contributed by atoms with Gasteiger partial charge in [0, 0.05) is 6.04 Å². The molecule has 0 saturated heterocycles. The van der Waals surface area contributed by atoms with Gasteiger partial charge in [-0.1, -0.05) is 0 Å². The summed E-state index contributed by atoms with van der Waals surface area (Å²) in [4.78, 5) is 18.4. The van der Waals surface area contributed by atoms with E-state index in [0.29, 0.717) is 16.6 Å². The maximum atomic E-state index is 11.7. The van der Waals surface area contributed by atoms with Gasteiger partial charge in [0.25, 0.3) is 5.56 Å². The van der Waals surface area contributed by atoms with E-state index in [0.717, 1.165) is 12.1 Å². The predicted octanol–water partition coefficient (Wildman–Crippen LogP) is 2.61. The summed E-state index contributed by atoms with van der Waals surface area (Å²) < 4.78 is 0. The van der Waals surface area contributed by atoms with Gasteiger partial charge in [0.1, 0.15) is 0 Å². The smallest absolute Gasteiger partial charge is 0.258 e. The first-order valence-electron chi connectivity index (χ1n) is 6.68. The molecule has 3 rings (SSSR count). The maximum Gasteiger partial charge on any atom is 0.258 e. The van der Waals surface area contributed by atoms with Crippen molar-refractivity contribution >= 4 is 33.6 Å². The van der Waals surface area contributed by atoms with Crippen LogP contribution in [-0.4, -0.2) is 16.0 Å². The van der Waals surface area contributed by atoms with Gasteiger partial charge in [0.2, 0.25) is 0 Å². The molecule has 0 aliphatic heterocycles. The lowest BCUT2D eigenvalue weighted by molar-refractivity contribution is 0.793. The lowest BCUT2D eigenvalue weighted by Crippen LogP contribution is -2.19. The molecule has 1 atom stereocenters. The minimum Gasteiger partial charge on any atom is -0.397 e. The van der Waals surface area contributed by atoms with Gasteiger partial charge in [0.05, 0.1) is 28.6 Å². The topological polar surface area (TPSA) is 83.8 Å². The Labute approximate surface area is 125 Å². The summed E-state index contributed by atoms with van der Waals surface area (Å²) in [7, 11) is 0. The summed E-state index contributed by atoms with van der Waals surface area (Å²) in [6.45, 7) is 2.10. The van der Waals surface area contributed by atoms with E-state index >= 15 is 0 Å². The van der Waals surface area contributed by atoms with E-state index in [9.17, 15) is 4.79 Å². The molecule has 0 amide bonds. The Hall–Kier alpha value is -2.34. The van der Waals surface area contributed by atoms with Crippen LogP contribution >= 0.6 is 11.3 Å². The Morgan fingerprint density at radius 1 is 1.48 bits per heavy atom. The molecule has 3 aromatic rings. The van der Waals surface area contributed by atoms with Crippen molar-refractivity contribution in [1.82, 2.24) is 9.97 Å². The highest BCUT2D eigenvalue weighted by molar-refractivity contribution is 7.07. The van der Waals surface area contributed by atoms with Crippen molar-refractivity contribution in [2.45, 2.75) is 19.4 Å². The van der Waals surface area contributed by atoms with Gasteiger partial charge in [-0.2, -0.15) is 11.3 Å². The molecule has 21 heavy (non-hydrogen) atoms. The van der Waals surface area contributed by atoms with E-state index in [1.807, 2.05) is 6.07 Å². The number of aromatic nitrogens is 2. The van der Waals surface area contributed by atoms with Crippen LogP contribution in [0.15, 0.2) is 40.1 Å². The standard InChI is InChI=1S/C15H16N4OS/c1-9(4-10-2-3-21-7-10)19-14-6-13-11(5-12(14)16)15(20)18-8-17-13/h2-3,5-9,19H,4,16H2,1H3,(H,17,18,20). The number of thiophene rings is 1. The Balaban J connectivity index is 1.86. The van der Waals surface area contributed by atoms with Crippen LogP contribution in [0.3, 0.4) is 0 Å². The van der Waals surface area contributed by atoms with Crippen molar-refractivity contribution < 1.29 is 0 Å². The molecule has 6 heteroatoms. The van der Waals surface area contributed by atoms with Gasteiger partial charge in [-0.25, -0.2) is 4.98 Å². The Kier molecular flexibility index (Phi) is 3.62. The zero-order valence-electron chi connectivity index (χ0n) is 11.6. The summed E-state index contributed by atoms with van der Waals surface area (Å²) >= 11 is 1.69. The molecule has 0 saturated carbocycles. The second-order valence-corrected chi connectivity index (χ2v) is 5.85. The maximum absolute atomic E-state index is 11.7. The number of hydrogen-bond donors (Lipinski definition) is 3. The van der Waals surface area contributed by atoms with Gasteiger partial charge in [0.15, 0.2) is 0 Å². The first-order valence-corrected chi connectivity index (χ1v) is 7.62. The number of nitrogens with zero attached hydrogens (tertiary/aromatic N) is 1. The number of aromatic amines is 1. The summed E-state index contributed by atoms with van der Waals surface area (Å²) in [6, 6.07) is 5.85. The number of anilines is 2. The van der Waals surface area contributed by atoms with E-state index in [4.69, 9.17) is 5.73 Å². The monoisotopic (exact) mass is 300 g/mol. The predicted molar refractivity (Wildman–Crippen MR) is 87.9 cm³/mol. The summed E-state index contributed by atoms with van der Waals surface area (Å²) in [5.41, 5.74) is 9.16. The van der Waals surface area contributed by atoms with Crippen molar-refractivity contribution in [3.8, 4) is 0 Å². The second-order valence-electron chi connectivity index (χ2n) is 5.07. The highest BCUT2D eigenvalue weighted by atomic mass is 32.1. The second kappa shape index (κ2) is 5.57. The number of nitrogen functional groups attached to an aromatic ring is 1. The van der Waals surface area contributed by atoms with Crippen LogP contribution in [-0.2, 0) is 6.42 Å². The minimum atomic E-state index is -0.176. The normalized spacial score (nSPS) is 12.4. The van der Waals surface area contributed by atoms with Crippen molar-refractivity contribution in [2.75, 3.05) is 11.1 Å². The summed E-state index contributed by atoms with van der Waals surface area (Å²) in [6.07, 6.45) is 2.32. The fraction of sp³-hybridized carbons (Fsp3) is 0.200. The van der Waals surface area contributed by atoms with Crippen LogP contribution in [0.25, 0.3) is 10.9 Å². The number of rotatable bonds is 4. The Bertz CT molecular complexity index is 810. The number of hydrogen-bond acceptors (Lipinski definition) is 5. The molecule has 0 fully saturated rings. The van der Waals surface area contributed by atoms with E-state index < -0.39 is 0 Å². The molecule has 2 aromatic heterocycles. The third kappa shape index (κ3) is 2.90. The number of H-pyrrole nitrogens is 1. The first kappa shape index (κ1) is 13.6. The first-order chi connectivity index (χ1) is 10.1. The molecule has 1 unspecified atom stereocenters. The molecule has 0 radical (unpaired) electrons. The van der Waals surface area contributed by atoms with E-state index in [-0.39, 0.29) is 11.6 Å². The molecule has 108 valence electrons. The van der Waals surface area contributed by atoms with Crippen LogP contribution in [0, 0.1) is 0 Å². The SMILES string of the molecule is CC(Cc1ccsc1)Nc1cc2nc[nH]c(=O)c2cc1N. The van der Waals surface area contributed by atoms with Crippen LogP contribution in [0.1, 0.15) is 12.5 Å². The van der Waals surface area contributed by atoms with Crippen molar-refractivity contribution in [1.29, 1.82) is 0 Å². The molecule has 0 spiro atoms. The Morgan fingerprint density at radius 2 is 2.33 bits per heavy atom. The van der Waals surface area contributed by atoms with Crippen LogP contribution < -0.4 is 16.6 Å². The van der Waals surface area contributed by atoms with E-state index in [1.165, 1.54) is 11.9 Å². The van der Waals surface area contributed by atoms with Crippen molar-refractivity contribution in [2.24, 2.45) is 0 Å². The van der Waals surface area contributed by atoms with Gasteiger partial charge in [-0.3, -0.25) is 4.79 Å². The molecular weight excluding hydrogens is 284 g/mol. The molecular formula is C15H16N4OS. The largest absolute Gasteiger partial charge is 0.397 e. The third-order valence-corrected chi connectivity index (χ3v) is 4.07. The summed E-state index contributed by atoms with van der Waals surface area (Å²) in [5.74, 6) is 0. The van der Waals surface area contributed by atoms with Crippen molar-refractivity contribution in [3.05, 3.63) is 51.2 Å². The fourth-order valence-electron chi connectivity index (χ4n) is 2.34. The van der Waals surface area contributed by atoms with Gasteiger partial charge in [-0.05, 0) is 47.9 Å². The van der Waals surface area contributed by atoms with Crippen LogP contribution in [0.2, 0.25) is 0 Å². The highest BCUT2D eigenvalue weighted by Crippen LogP contribution is 2.24. The highest BCUT2D eigenvalue weighted by Gasteiger charge is 2.09. The number of benzene rings is 1.